The van der Waals surface area contributed by atoms with Crippen molar-refractivity contribution >= 4 is 0 Å². The SMILES string of the molecule is CCCn1nccc1C(O)c1c(C)cccc1C. The molecule has 0 bridgehead atoms. The Bertz CT molecular complexity index is 511. The van der Waals surface area contributed by atoms with Crippen molar-refractivity contribution in [2.45, 2.75) is 39.8 Å². The molecule has 96 valence electrons. The molecule has 1 atom stereocenters. The molecular weight excluding hydrogens is 224 g/mol. The molecule has 0 saturated heterocycles. The van der Waals surface area contributed by atoms with E-state index in [2.05, 4.69) is 12.0 Å². The van der Waals surface area contributed by atoms with E-state index >= 15 is 0 Å². The Hall–Kier alpha value is -1.61. The molecule has 1 heterocycles. The van der Waals surface area contributed by atoms with E-state index in [1.54, 1.807) is 6.20 Å². The van der Waals surface area contributed by atoms with Gasteiger partial charge in [-0.3, -0.25) is 4.68 Å². The molecule has 0 saturated carbocycles. The van der Waals surface area contributed by atoms with Crippen LogP contribution in [0.3, 0.4) is 0 Å². The lowest BCUT2D eigenvalue weighted by molar-refractivity contribution is 0.206. The van der Waals surface area contributed by atoms with Crippen molar-refractivity contribution < 1.29 is 5.11 Å². The van der Waals surface area contributed by atoms with Crippen molar-refractivity contribution in [3.8, 4) is 0 Å². The van der Waals surface area contributed by atoms with Gasteiger partial charge >= 0.3 is 0 Å². The van der Waals surface area contributed by atoms with Gasteiger partial charge in [0.1, 0.15) is 6.10 Å². The Labute approximate surface area is 108 Å². The summed E-state index contributed by atoms with van der Waals surface area (Å²) in [6.07, 6.45) is 2.16. The maximum Gasteiger partial charge on any atom is 0.121 e. The summed E-state index contributed by atoms with van der Waals surface area (Å²) in [5.41, 5.74) is 4.10. The van der Waals surface area contributed by atoms with Crippen LogP contribution in [0.5, 0.6) is 0 Å². The molecular formula is C15H20N2O. The second kappa shape index (κ2) is 5.36. The van der Waals surface area contributed by atoms with Crippen LogP contribution in [0.4, 0.5) is 0 Å². The smallest absolute Gasteiger partial charge is 0.121 e. The Balaban J connectivity index is 2.41. The highest BCUT2D eigenvalue weighted by molar-refractivity contribution is 5.38. The van der Waals surface area contributed by atoms with E-state index in [-0.39, 0.29) is 0 Å². The van der Waals surface area contributed by atoms with E-state index in [9.17, 15) is 5.11 Å². The molecule has 18 heavy (non-hydrogen) atoms. The molecule has 1 aromatic heterocycles. The van der Waals surface area contributed by atoms with E-state index in [0.29, 0.717) is 0 Å². The summed E-state index contributed by atoms with van der Waals surface area (Å²) in [4.78, 5) is 0. The van der Waals surface area contributed by atoms with Crippen LogP contribution in [0.15, 0.2) is 30.5 Å². The lowest BCUT2D eigenvalue weighted by atomic mass is 9.96. The summed E-state index contributed by atoms with van der Waals surface area (Å²) in [5, 5.41) is 14.9. The van der Waals surface area contributed by atoms with Crippen molar-refractivity contribution in [3.05, 3.63) is 52.8 Å². The maximum atomic E-state index is 10.6. The first kappa shape index (κ1) is 12.8. The van der Waals surface area contributed by atoms with Crippen molar-refractivity contribution in [1.29, 1.82) is 0 Å². The van der Waals surface area contributed by atoms with Crippen molar-refractivity contribution in [3.63, 3.8) is 0 Å². The fourth-order valence-corrected chi connectivity index (χ4v) is 2.38. The van der Waals surface area contributed by atoms with Gasteiger partial charge in [0.2, 0.25) is 0 Å². The summed E-state index contributed by atoms with van der Waals surface area (Å²) in [6.45, 7) is 7.01. The molecule has 0 radical (unpaired) electrons. The van der Waals surface area contributed by atoms with Crippen LogP contribution in [0.1, 0.15) is 41.8 Å². The fraction of sp³-hybridized carbons (Fsp3) is 0.400. The largest absolute Gasteiger partial charge is 0.382 e. The van der Waals surface area contributed by atoms with Crippen LogP contribution in [0, 0.1) is 13.8 Å². The average Bonchev–Trinajstić information content (AvgIpc) is 2.77. The predicted octanol–water partition coefficient (Wildman–Crippen LogP) is 2.99. The van der Waals surface area contributed by atoms with Crippen molar-refractivity contribution in [2.24, 2.45) is 0 Å². The lowest BCUT2D eigenvalue weighted by Crippen LogP contribution is -2.12. The van der Waals surface area contributed by atoms with Crippen LogP contribution >= 0.6 is 0 Å². The third kappa shape index (κ3) is 2.31. The fourth-order valence-electron chi connectivity index (χ4n) is 2.38. The first-order chi connectivity index (χ1) is 8.65. The second-order valence-electron chi connectivity index (χ2n) is 4.69. The van der Waals surface area contributed by atoms with Crippen molar-refractivity contribution in [2.75, 3.05) is 0 Å². The number of hydrogen-bond donors (Lipinski definition) is 1. The third-order valence-corrected chi connectivity index (χ3v) is 3.28. The Morgan fingerprint density at radius 1 is 1.22 bits per heavy atom. The maximum absolute atomic E-state index is 10.6. The monoisotopic (exact) mass is 244 g/mol. The van der Waals surface area contributed by atoms with Crippen LogP contribution in [0.2, 0.25) is 0 Å². The first-order valence-electron chi connectivity index (χ1n) is 6.41. The molecule has 0 amide bonds. The van der Waals surface area contributed by atoms with Crippen LogP contribution in [-0.2, 0) is 6.54 Å². The highest BCUT2D eigenvalue weighted by Crippen LogP contribution is 2.27. The van der Waals surface area contributed by atoms with Crippen LogP contribution < -0.4 is 0 Å². The molecule has 1 aromatic carbocycles. The second-order valence-corrected chi connectivity index (χ2v) is 4.69. The summed E-state index contributed by atoms with van der Waals surface area (Å²) in [5.74, 6) is 0. The molecule has 0 aliphatic heterocycles. The minimum atomic E-state index is -0.597. The highest BCUT2D eigenvalue weighted by Gasteiger charge is 2.18. The standard InChI is InChI=1S/C15H20N2O/c1-4-10-17-13(8-9-16-17)15(18)14-11(2)6-5-7-12(14)3/h5-9,15,18H,4,10H2,1-3H3. The van der Waals surface area contributed by atoms with Crippen LogP contribution in [0.25, 0.3) is 0 Å². The number of hydrogen-bond acceptors (Lipinski definition) is 2. The Morgan fingerprint density at radius 2 is 1.89 bits per heavy atom. The summed E-state index contributed by atoms with van der Waals surface area (Å²) < 4.78 is 1.89. The number of aliphatic hydroxyl groups excluding tert-OH is 1. The van der Waals surface area contributed by atoms with Gasteiger partial charge in [-0.15, -0.1) is 0 Å². The molecule has 0 aliphatic carbocycles. The topological polar surface area (TPSA) is 38.0 Å². The predicted molar refractivity (Wildman–Crippen MR) is 72.5 cm³/mol. The lowest BCUT2D eigenvalue weighted by Gasteiger charge is -2.17. The summed E-state index contributed by atoms with van der Waals surface area (Å²) in [6, 6.07) is 7.98. The van der Waals surface area contributed by atoms with E-state index in [1.807, 2.05) is 42.8 Å². The summed E-state index contributed by atoms with van der Waals surface area (Å²) >= 11 is 0. The van der Waals surface area contributed by atoms with Gasteiger partial charge in [-0.05, 0) is 43.0 Å². The van der Waals surface area contributed by atoms with E-state index in [4.69, 9.17) is 0 Å². The zero-order valence-corrected chi connectivity index (χ0v) is 11.2. The molecule has 0 aliphatic rings. The number of aromatic nitrogens is 2. The van der Waals surface area contributed by atoms with Gasteiger partial charge in [-0.2, -0.15) is 5.10 Å². The van der Waals surface area contributed by atoms with Gasteiger partial charge in [0.05, 0.1) is 5.69 Å². The molecule has 2 aromatic rings. The van der Waals surface area contributed by atoms with Gasteiger partial charge < -0.3 is 5.11 Å². The average molecular weight is 244 g/mol. The van der Waals surface area contributed by atoms with Gasteiger partial charge in [0.15, 0.2) is 0 Å². The normalized spacial score (nSPS) is 12.7. The number of rotatable bonds is 4. The van der Waals surface area contributed by atoms with Gasteiger partial charge in [0.25, 0.3) is 0 Å². The molecule has 3 nitrogen and oxygen atoms in total. The number of nitrogens with zero attached hydrogens (tertiary/aromatic N) is 2. The van der Waals surface area contributed by atoms with Crippen LogP contribution in [-0.4, -0.2) is 14.9 Å². The van der Waals surface area contributed by atoms with Gasteiger partial charge in [-0.1, -0.05) is 25.1 Å². The quantitative estimate of drug-likeness (QED) is 0.897. The number of aryl methyl sites for hydroxylation is 3. The van der Waals surface area contributed by atoms with Gasteiger partial charge in [0, 0.05) is 12.7 Å². The zero-order valence-electron chi connectivity index (χ0n) is 11.2. The number of aliphatic hydroxyl groups is 1. The third-order valence-electron chi connectivity index (χ3n) is 3.28. The van der Waals surface area contributed by atoms with E-state index in [1.165, 1.54) is 0 Å². The molecule has 1 unspecified atom stereocenters. The highest BCUT2D eigenvalue weighted by atomic mass is 16.3. The summed E-state index contributed by atoms with van der Waals surface area (Å²) in [7, 11) is 0. The van der Waals surface area contributed by atoms with E-state index < -0.39 is 6.10 Å². The van der Waals surface area contributed by atoms with E-state index in [0.717, 1.165) is 35.3 Å². The molecule has 1 N–H and O–H groups in total. The molecule has 3 heteroatoms. The molecule has 0 fully saturated rings. The van der Waals surface area contributed by atoms with Crippen molar-refractivity contribution in [1.82, 2.24) is 9.78 Å². The Kier molecular flexibility index (Phi) is 3.82. The Morgan fingerprint density at radius 3 is 2.50 bits per heavy atom. The first-order valence-corrected chi connectivity index (χ1v) is 6.41. The molecule has 2 rings (SSSR count). The van der Waals surface area contributed by atoms with Gasteiger partial charge in [-0.25, -0.2) is 0 Å². The number of benzene rings is 1. The molecule has 0 spiro atoms. The minimum Gasteiger partial charge on any atom is -0.382 e. The minimum absolute atomic E-state index is 0.597. The zero-order chi connectivity index (χ0) is 13.1.